The van der Waals surface area contributed by atoms with E-state index in [4.69, 9.17) is 18.9 Å². The van der Waals surface area contributed by atoms with Crippen LogP contribution in [0.4, 0.5) is 0 Å². The Balaban J connectivity index is 1.74. The van der Waals surface area contributed by atoms with Crippen LogP contribution in [-0.2, 0) is 0 Å². The topological polar surface area (TPSA) is 74.2 Å². The minimum Gasteiger partial charge on any atom is -0.504 e. The van der Waals surface area contributed by atoms with Crippen molar-refractivity contribution in [3.05, 3.63) is 82.9 Å². The second kappa shape index (κ2) is 10.9. The molecule has 0 bridgehead atoms. The van der Waals surface area contributed by atoms with Crippen LogP contribution in [0.1, 0.15) is 27.0 Å². The number of phenolic OH excluding ortho intramolecular Hbond substituents is 1. The lowest BCUT2D eigenvalue weighted by molar-refractivity contribution is 0.104. The Bertz CT molecular complexity index is 1180. The van der Waals surface area contributed by atoms with Crippen LogP contribution in [0, 0.1) is 0 Å². The van der Waals surface area contributed by atoms with E-state index in [1.54, 1.807) is 69.9 Å². The predicted octanol–water partition coefficient (Wildman–Crippen LogP) is 5.49. The van der Waals surface area contributed by atoms with Crippen LogP contribution in [0.2, 0.25) is 0 Å². The van der Waals surface area contributed by atoms with Crippen LogP contribution in [0.3, 0.4) is 0 Å². The summed E-state index contributed by atoms with van der Waals surface area (Å²) in [6.45, 7) is 0. The second-order valence-corrected chi connectivity index (χ2v) is 7.03. The smallest absolute Gasteiger partial charge is 0.185 e. The van der Waals surface area contributed by atoms with Crippen molar-refractivity contribution in [3.8, 4) is 28.7 Å². The van der Waals surface area contributed by atoms with Crippen molar-refractivity contribution in [2.75, 3.05) is 28.4 Å². The third-order valence-corrected chi connectivity index (χ3v) is 5.02. The van der Waals surface area contributed by atoms with Crippen LogP contribution in [-0.4, -0.2) is 39.3 Å². The molecule has 3 aromatic carbocycles. The van der Waals surface area contributed by atoms with Crippen molar-refractivity contribution in [1.82, 2.24) is 0 Å². The summed E-state index contributed by atoms with van der Waals surface area (Å²) in [5.74, 6) is 2.04. The van der Waals surface area contributed by atoms with Gasteiger partial charge in [0, 0.05) is 17.2 Å². The summed E-state index contributed by atoms with van der Waals surface area (Å²) in [5.41, 5.74) is 3.09. The van der Waals surface area contributed by atoms with Gasteiger partial charge in [0.1, 0.15) is 5.75 Å². The Morgan fingerprint density at radius 3 is 1.88 bits per heavy atom. The lowest BCUT2D eigenvalue weighted by Crippen LogP contribution is -1.96. The van der Waals surface area contributed by atoms with Crippen LogP contribution >= 0.6 is 0 Å². The summed E-state index contributed by atoms with van der Waals surface area (Å²) >= 11 is 0. The summed E-state index contributed by atoms with van der Waals surface area (Å²) in [4.78, 5) is 12.6. The van der Waals surface area contributed by atoms with Crippen LogP contribution in [0.5, 0.6) is 28.7 Å². The fourth-order valence-corrected chi connectivity index (χ4v) is 3.19. The highest BCUT2D eigenvalue weighted by atomic mass is 16.5. The van der Waals surface area contributed by atoms with E-state index in [1.807, 2.05) is 24.3 Å². The number of phenols is 1. The standard InChI is InChI=1S/C27H26O6/c1-30-24-17-27(33-4)26(32-3)16-21(24)12-14-22(28)20-10-7-18(8-11-20)5-6-19-9-13-23(29)25(15-19)31-2/h5-17,29H,1-4H3/b6-5+,14-12+. The first-order valence-corrected chi connectivity index (χ1v) is 10.2. The molecule has 0 heterocycles. The Kier molecular flexibility index (Phi) is 7.76. The zero-order valence-electron chi connectivity index (χ0n) is 19.0. The van der Waals surface area contributed by atoms with Crippen molar-refractivity contribution in [3.63, 3.8) is 0 Å². The zero-order chi connectivity index (χ0) is 23.8. The van der Waals surface area contributed by atoms with Gasteiger partial charge in [0.25, 0.3) is 0 Å². The molecule has 33 heavy (non-hydrogen) atoms. The summed E-state index contributed by atoms with van der Waals surface area (Å²) in [6, 6.07) is 15.9. The van der Waals surface area contributed by atoms with Gasteiger partial charge in [0.05, 0.1) is 28.4 Å². The Morgan fingerprint density at radius 2 is 1.24 bits per heavy atom. The van der Waals surface area contributed by atoms with Gasteiger partial charge in [-0.1, -0.05) is 42.5 Å². The molecule has 0 atom stereocenters. The molecule has 0 saturated heterocycles. The van der Waals surface area contributed by atoms with Gasteiger partial charge in [0.2, 0.25) is 0 Å². The lowest BCUT2D eigenvalue weighted by Gasteiger charge is -2.12. The summed E-state index contributed by atoms with van der Waals surface area (Å²) in [7, 11) is 6.17. The van der Waals surface area contributed by atoms with E-state index in [0.29, 0.717) is 34.1 Å². The highest BCUT2D eigenvalue weighted by Gasteiger charge is 2.10. The van der Waals surface area contributed by atoms with E-state index >= 15 is 0 Å². The minimum absolute atomic E-state index is 0.0938. The molecule has 1 N–H and O–H groups in total. The molecule has 0 fully saturated rings. The van der Waals surface area contributed by atoms with Crippen molar-refractivity contribution >= 4 is 24.0 Å². The summed E-state index contributed by atoms with van der Waals surface area (Å²) in [5, 5.41) is 9.69. The maximum absolute atomic E-state index is 12.6. The van der Waals surface area contributed by atoms with E-state index in [-0.39, 0.29) is 11.5 Å². The molecule has 0 unspecified atom stereocenters. The first-order valence-electron chi connectivity index (χ1n) is 10.2. The molecular formula is C27H26O6. The fourth-order valence-electron chi connectivity index (χ4n) is 3.19. The zero-order valence-corrected chi connectivity index (χ0v) is 19.0. The molecule has 0 aromatic heterocycles. The summed E-state index contributed by atoms with van der Waals surface area (Å²) < 4.78 is 21.1. The van der Waals surface area contributed by atoms with Crippen LogP contribution < -0.4 is 18.9 Å². The molecule has 6 nitrogen and oxygen atoms in total. The number of rotatable bonds is 9. The molecule has 3 rings (SSSR count). The number of aromatic hydroxyl groups is 1. The number of hydrogen-bond donors (Lipinski definition) is 1. The third kappa shape index (κ3) is 5.74. The van der Waals surface area contributed by atoms with Gasteiger partial charge in [-0.3, -0.25) is 4.79 Å². The van der Waals surface area contributed by atoms with Crippen molar-refractivity contribution < 1.29 is 28.8 Å². The number of carbonyl (C=O) groups is 1. The SMILES string of the molecule is COc1cc(/C=C/c2ccc(C(=O)/C=C/c3cc(OC)c(OC)cc3OC)cc2)ccc1O. The highest BCUT2D eigenvalue weighted by Crippen LogP contribution is 2.35. The van der Waals surface area contributed by atoms with Gasteiger partial charge in [-0.15, -0.1) is 0 Å². The van der Waals surface area contributed by atoms with Gasteiger partial charge in [0.15, 0.2) is 28.8 Å². The number of hydrogen-bond acceptors (Lipinski definition) is 6. The molecule has 0 saturated carbocycles. The molecule has 0 radical (unpaired) electrons. The Morgan fingerprint density at radius 1 is 0.667 bits per heavy atom. The average Bonchev–Trinajstić information content (AvgIpc) is 2.86. The molecular weight excluding hydrogens is 420 g/mol. The average molecular weight is 446 g/mol. The summed E-state index contributed by atoms with van der Waals surface area (Å²) in [6.07, 6.45) is 7.01. The predicted molar refractivity (Wildman–Crippen MR) is 129 cm³/mol. The Hall–Kier alpha value is -4.19. The van der Waals surface area contributed by atoms with Gasteiger partial charge in [-0.25, -0.2) is 0 Å². The maximum atomic E-state index is 12.6. The molecule has 0 aliphatic carbocycles. The molecule has 6 heteroatoms. The first-order chi connectivity index (χ1) is 16.0. The number of methoxy groups -OCH3 is 4. The van der Waals surface area contributed by atoms with Crippen molar-refractivity contribution in [2.24, 2.45) is 0 Å². The number of carbonyl (C=O) groups excluding carboxylic acids is 1. The second-order valence-electron chi connectivity index (χ2n) is 7.03. The quantitative estimate of drug-likeness (QED) is 0.266. The molecule has 0 aliphatic rings. The number of allylic oxidation sites excluding steroid dienone is 1. The van der Waals surface area contributed by atoms with Gasteiger partial charge in [-0.2, -0.15) is 0 Å². The molecule has 0 amide bonds. The van der Waals surface area contributed by atoms with E-state index in [9.17, 15) is 9.90 Å². The van der Waals surface area contributed by atoms with Gasteiger partial charge >= 0.3 is 0 Å². The highest BCUT2D eigenvalue weighted by molar-refractivity contribution is 6.07. The van der Waals surface area contributed by atoms with E-state index < -0.39 is 0 Å². The normalized spacial score (nSPS) is 11.0. The lowest BCUT2D eigenvalue weighted by atomic mass is 10.1. The molecule has 170 valence electrons. The number of ketones is 1. The molecule has 0 spiro atoms. The van der Waals surface area contributed by atoms with Gasteiger partial charge in [-0.05, 0) is 41.5 Å². The van der Waals surface area contributed by atoms with Crippen LogP contribution in [0.25, 0.3) is 18.2 Å². The largest absolute Gasteiger partial charge is 0.504 e. The molecule has 0 aliphatic heterocycles. The number of ether oxygens (including phenoxy) is 4. The van der Waals surface area contributed by atoms with E-state index in [0.717, 1.165) is 11.1 Å². The van der Waals surface area contributed by atoms with Crippen molar-refractivity contribution in [2.45, 2.75) is 0 Å². The van der Waals surface area contributed by atoms with Crippen LogP contribution in [0.15, 0.2) is 60.7 Å². The Labute approximate surface area is 193 Å². The first kappa shape index (κ1) is 23.5. The van der Waals surface area contributed by atoms with E-state index in [2.05, 4.69) is 0 Å². The number of benzene rings is 3. The van der Waals surface area contributed by atoms with Crippen molar-refractivity contribution in [1.29, 1.82) is 0 Å². The monoisotopic (exact) mass is 446 g/mol. The minimum atomic E-state index is -0.134. The van der Waals surface area contributed by atoms with Gasteiger partial charge < -0.3 is 24.1 Å². The third-order valence-electron chi connectivity index (χ3n) is 5.02. The van der Waals surface area contributed by atoms with E-state index in [1.165, 1.54) is 13.2 Å². The maximum Gasteiger partial charge on any atom is 0.185 e. The molecule has 3 aromatic rings. The fraction of sp³-hybridized carbons (Fsp3) is 0.148.